The van der Waals surface area contributed by atoms with E-state index in [4.69, 9.17) is 37.9 Å². The van der Waals surface area contributed by atoms with Crippen molar-refractivity contribution in [2.24, 2.45) is 5.92 Å². The first-order valence-electron chi connectivity index (χ1n) is 13.4. The van der Waals surface area contributed by atoms with E-state index >= 15 is 0 Å². The van der Waals surface area contributed by atoms with Crippen molar-refractivity contribution in [3.8, 4) is 5.82 Å². The lowest BCUT2D eigenvalue weighted by Crippen LogP contribution is -2.41. The van der Waals surface area contributed by atoms with Gasteiger partial charge in [0.2, 0.25) is 11.9 Å². The number of anilines is 2. The monoisotopic (exact) mass is 556 g/mol. The van der Waals surface area contributed by atoms with Gasteiger partial charge in [-0.3, -0.25) is 4.79 Å². The number of morpholine rings is 1. The number of halogens is 2. The normalized spacial score (nSPS) is 17.3. The van der Waals surface area contributed by atoms with Gasteiger partial charge in [-0.1, -0.05) is 61.4 Å². The molecular formula is C28H34Cl2N6O2. The molecule has 1 aromatic carbocycles. The van der Waals surface area contributed by atoms with Crippen LogP contribution in [-0.4, -0.2) is 52.8 Å². The molecule has 1 amide bonds. The number of rotatable bonds is 9. The Kier molecular flexibility index (Phi) is 9.04. The van der Waals surface area contributed by atoms with Crippen molar-refractivity contribution in [1.29, 1.82) is 0 Å². The van der Waals surface area contributed by atoms with Crippen molar-refractivity contribution in [3.05, 3.63) is 64.4 Å². The first kappa shape index (κ1) is 26.8. The smallest absolute Gasteiger partial charge is 0.242 e. The maximum atomic E-state index is 13.6. The maximum Gasteiger partial charge on any atom is 0.242 e. The first-order valence-corrected chi connectivity index (χ1v) is 14.1. The largest absolute Gasteiger partial charge is 0.378 e. The molecule has 0 spiro atoms. The third-order valence-corrected chi connectivity index (χ3v) is 7.85. The molecule has 3 aromatic rings. The number of carbonyl (C=O) groups excluding carboxylic acids is 1. The van der Waals surface area contributed by atoms with Crippen LogP contribution in [0.1, 0.15) is 44.1 Å². The van der Waals surface area contributed by atoms with Crippen molar-refractivity contribution >= 4 is 40.9 Å². The summed E-state index contributed by atoms with van der Waals surface area (Å²) in [5.41, 5.74) is 0.826. The summed E-state index contributed by atoms with van der Waals surface area (Å²) in [5, 5.41) is 7.67. The Morgan fingerprint density at radius 2 is 1.82 bits per heavy atom. The Hall–Kier alpha value is -2.81. The van der Waals surface area contributed by atoms with Gasteiger partial charge in [-0.25, -0.2) is 0 Å². The van der Waals surface area contributed by atoms with E-state index in [9.17, 15) is 4.79 Å². The lowest BCUT2D eigenvalue weighted by Gasteiger charge is -2.29. The number of hydrogen-bond donors (Lipinski definition) is 2. The van der Waals surface area contributed by atoms with E-state index in [2.05, 4.69) is 15.5 Å². The number of nitrogens with one attached hydrogen (secondary N) is 2. The molecule has 2 fully saturated rings. The molecule has 5 rings (SSSR count). The fraction of sp³-hybridized carbons (Fsp3) is 0.464. The molecular weight excluding hydrogens is 523 g/mol. The van der Waals surface area contributed by atoms with Gasteiger partial charge >= 0.3 is 0 Å². The molecule has 1 saturated heterocycles. The van der Waals surface area contributed by atoms with Crippen molar-refractivity contribution in [1.82, 2.24) is 19.9 Å². The standard InChI is InChI=1S/C28H34Cl2N6O2/c29-22-9-8-21(23(30)17-22)19-31-27(37)24(16-20-6-2-1-3-7-20)32-25-18-26(35-10-4-5-11-35)34-28(33-25)36-12-14-38-15-13-36/h4-5,8-11,17-18,20,24H,1-3,6-7,12-16,19H2,(H,31,37)(H,32,33,34). The lowest BCUT2D eigenvalue weighted by atomic mass is 9.84. The third kappa shape index (κ3) is 6.98. The second kappa shape index (κ2) is 12.8. The minimum absolute atomic E-state index is 0.0735. The number of carbonyl (C=O) groups is 1. The fourth-order valence-corrected chi connectivity index (χ4v) is 5.63. The predicted octanol–water partition coefficient (Wildman–Crippen LogP) is 5.48. The van der Waals surface area contributed by atoms with Gasteiger partial charge in [-0.15, -0.1) is 0 Å². The Labute approximate surface area is 233 Å². The van der Waals surface area contributed by atoms with Crippen LogP contribution in [0.4, 0.5) is 11.8 Å². The van der Waals surface area contributed by atoms with Gasteiger partial charge in [0.05, 0.1) is 13.2 Å². The fourth-order valence-electron chi connectivity index (χ4n) is 5.16. The molecule has 0 bridgehead atoms. The van der Waals surface area contributed by atoms with Crippen LogP contribution in [-0.2, 0) is 16.1 Å². The Morgan fingerprint density at radius 3 is 2.55 bits per heavy atom. The van der Waals surface area contributed by atoms with Gasteiger partial charge in [-0.05, 0) is 42.2 Å². The number of aromatic nitrogens is 3. The second-order valence-electron chi connectivity index (χ2n) is 9.99. The van der Waals surface area contributed by atoms with E-state index in [0.717, 1.165) is 43.7 Å². The van der Waals surface area contributed by atoms with Gasteiger partial charge < -0.3 is 24.8 Å². The third-order valence-electron chi connectivity index (χ3n) is 7.26. The van der Waals surface area contributed by atoms with Crippen LogP contribution in [0, 0.1) is 5.92 Å². The van der Waals surface area contributed by atoms with E-state index in [1.807, 2.05) is 41.2 Å². The van der Waals surface area contributed by atoms with Gasteiger partial charge in [0, 0.05) is 48.1 Å². The summed E-state index contributed by atoms with van der Waals surface area (Å²) in [6, 6.07) is 10.7. The molecule has 2 N–H and O–H groups in total. The molecule has 8 nitrogen and oxygen atoms in total. The van der Waals surface area contributed by atoms with E-state index < -0.39 is 6.04 Å². The van der Waals surface area contributed by atoms with Crippen LogP contribution in [0.3, 0.4) is 0 Å². The summed E-state index contributed by atoms with van der Waals surface area (Å²) >= 11 is 12.4. The lowest BCUT2D eigenvalue weighted by molar-refractivity contribution is -0.122. The average Bonchev–Trinajstić information content (AvgIpc) is 3.48. The van der Waals surface area contributed by atoms with Crippen LogP contribution in [0.15, 0.2) is 48.8 Å². The van der Waals surface area contributed by atoms with Crippen LogP contribution in [0.25, 0.3) is 5.82 Å². The molecule has 1 aliphatic carbocycles. The zero-order valence-electron chi connectivity index (χ0n) is 21.4. The number of benzene rings is 1. The first-order chi connectivity index (χ1) is 18.5. The summed E-state index contributed by atoms with van der Waals surface area (Å²) in [5.74, 6) is 2.43. The number of hydrogen-bond acceptors (Lipinski definition) is 6. The van der Waals surface area contributed by atoms with Gasteiger partial charge in [0.1, 0.15) is 17.7 Å². The SMILES string of the molecule is O=C(NCc1ccc(Cl)cc1Cl)C(CC1CCCCC1)Nc1cc(-n2cccc2)nc(N2CCOCC2)n1. The number of nitrogens with zero attached hydrogens (tertiary/aromatic N) is 4. The summed E-state index contributed by atoms with van der Waals surface area (Å²) in [6.45, 7) is 3.06. The molecule has 1 unspecified atom stereocenters. The highest BCUT2D eigenvalue weighted by molar-refractivity contribution is 6.35. The molecule has 1 aliphatic heterocycles. The number of ether oxygens (including phenoxy) is 1. The van der Waals surface area contributed by atoms with E-state index in [1.165, 1.54) is 19.3 Å². The zero-order valence-corrected chi connectivity index (χ0v) is 22.9. The molecule has 38 heavy (non-hydrogen) atoms. The summed E-state index contributed by atoms with van der Waals surface area (Å²) in [6.07, 6.45) is 10.6. The summed E-state index contributed by atoms with van der Waals surface area (Å²) in [7, 11) is 0. The van der Waals surface area contributed by atoms with Crippen molar-refractivity contribution in [2.75, 3.05) is 36.5 Å². The highest BCUT2D eigenvalue weighted by Crippen LogP contribution is 2.29. The van der Waals surface area contributed by atoms with Gasteiger partial charge in [-0.2, -0.15) is 9.97 Å². The maximum absolute atomic E-state index is 13.6. The highest BCUT2D eigenvalue weighted by atomic mass is 35.5. The van der Waals surface area contributed by atoms with E-state index in [-0.39, 0.29) is 5.91 Å². The Morgan fingerprint density at radius 1 is 1.05 bits per heavy atom. The number of amides is 1. The minimum atomic E-state index is -0.436. The van der Waals surface area contributed by atoms with E-state index in [1.54, 1.807) is 12.1 Å². The molecule has 0 radical (unpaired) electrons. The predicted molar refractivity (Wildman–Crippen MR) is 151 cm³/mol. The molecule has 1 atom stereocenters. The molecule has 10 heteroatoms. The zero-order chi connectivity index (χ0) is 26.3. The average molecular weight is 558 g/mol. The van der Waals surface area contributed by atoms with Crippen LogP contribution in [0.5, 0.6) is 0 Å². The van der Waals surface area contributed by atoms with Crippen molar-refractivity contribution < 1.29 is 9.53 Å². The topological polar surface area (TPSA) is 84.3 Å². The van der Waals surface area contributed by atoms with Crippen LogP contribution < -0.4 is 15.5 Å². The second-order valence-corrected chi connectivity index (χ2v) is 10.8. The van der Waals surface area contributed by atoms with E-state index in [0.29, 0.717) is 47.5 Å². The Bertz CT molecular complexity index is 1210. The minimum Gasteiger partial charge on any atom is -0.378 e. The van der Waals surface area contributed by atoms with Crippen molar-refractivity contribution in [3.63, 3.8) is 0 Å². The van der Waals surface area contributed by atoms with Crippen LogP contribution in [0.2, 0.25) is 10.0 Å². The molecule has 2 aliphatic rings. The quantitative estimate of drug-likeness (QED) is 0.363. The van der Waals surface area contributed by atoms with Gasteiger partial charge in [0.15, 0.2) is 0 Å². The highest BCUT2D eigenvalue weighted by Gasteiger charge is 2.26. The molecule has 202 valence electrons. The molecule has 3 heterocycles. The summed E-state index contributed by atoms with van der Waals surface area (Å²) in [4.78, 5) is 25.3. The van der Waals surface area contributed by atoms with Crippen LogP contribution >= 0.6 is 23.2 Å². The van der Waals surface area contributed by atoms with Crippen molar-refractivity contribution in [2.45, 2.75) is 51.1 Å². The van der Waals surface area contributed by atoms with Gasteiger partial charge in [0.25, 0.3) is 0 Å². The Balaban J connectivity index is 1.38. The molecule has 1 saturated carbocycles. The molecule has 2 aromatic heterocycles. The summed E-state index contributed by atoms with van der Waals surface area (Å²) < 4.78 is 7.48.